The van der Waals surface area contributed by atoms with Gasteiger partial charge >= 0.3 is 11.9 Å². The number of alkyl halides is 3. The second-order valence-electron chi connectivity index (χ2n) is 6.69. The van der Waals surface area contributed by atoms with Gasteiger partial charge in [-0.3, -0.25) is 14.2 Å². The first-order valence-electron chi connectivity index (χ1n) is 9.12. The zero-order valence-electron chi connectivity index (χ0n) is 16.0. The lowest BCUT2D eigenvalue weighted by Gasteiger charge is -2.15. The number of nitrogens with zero attached hydrogens (tertiary/aromatic N) is 2. The summed E-state index contributed by atoms with van der Waals surface area (Å²) in [6, 6.07) is 11.0. The van der Waals surface area contributed by atoms with Crippen molar-refractivity contribution < 1.29 is 22.4 Å². The van der Waals surface area contributed by atoms with Crippen LogP contribution in [0.25, 0.3) is 15.9 Å². The first kappa shape index (κ1) is 21.5. The molecule has 1 N–H and O–H groups in total. The predicted octanol–water partition coefficient (Wildman–Crippen LogP) is 4.01. The summed E-state index contributed by atoms with van der Waals surface area (Å²) in [5.74, 6) is -1.74. The second kappa shape index (κ2) is 8.08. The summed E-state index contributed by atoms with van der Waals surface area (Å²) < 4.78 is 55.5. The molecule has 0 aliphatic rings. The molecule has 2 heterocycles. The first-order valence-corrected chi connectivity index (χ1v) is 10.0. The van der Waals surface area contributed by atoms with Crippen LogP contribution in [0, 0.1) is 5.82 Å². The molecular weight excluding hydrogens is 450 g/mol. The summed E-state index contributed by atoms with van der Waals surface area (Å²) in [4.78, 5) is 38.5. The quantitative estimate of drug-likeness (QED) is 0.465. The van der Waals surface area contributed by atoms with Gasteiger partial charge in [0.2, 0.25) is 5.91 Å². The standard InChI is InChI=1S/C21H13F4N3O3S/c22-13-6-2-4-8-15(13)28-19(30)18-16(9-10-32-18)27(20(28)31)11-17(29)26-14-7-3-1-5-12(14)21(23,24)25/h1-10H,11H2,(H,26,29). The maximum absolute atomic E-state index is 14.3. The number of halogens is 4. The lowest BCUT2D eigenvalue weighted by molar-refractivity contribution is -0.137. The van der Waals surface area contributed by atoms with Crippen LogP contribution in [-0.2, 0) is 17.5 Å². The molecule has 164 valence electrons. The molecule has 2 aromatic heterocycles. The van der Waals surface area contributed by atoms with Gasteiger partial charge in [-0.25, -0.2) is 13.8 Å². The van der Waals surface area contributed by atoms with Crippen LogP contribution in [0.4, 0.5) is 23.2 Å². The molecule has 0 fully saturated rings. The molecule has 0 spiro atoms. The number of benzene rings is 2. The summed E-state index contributed by atoms with van der Waals surface area (Å²) in [6.07, 6.45) is -4.70. The van der Waals surface area contributed by atoms with E-state index in [0.717, 1.165) is 34.1 Å². The minimum atomic E-state index is -4.70. The van der Waals surface area contributed by atoms with Gasteiger partial charge in [0.1, 0.15) is 17.1 Å². The van der Waals surface area contributed by atoms with Gasteiger partial charge in [-0.2, -0.15) is 13.2 Å². The largest absolute Gasteiger partial charge is 0.418 e. The summed E-state index contributed by atoms with van der Waals surface area (Å²) in [5, 5.41) is 3.68. The molecular formula is C21H13F4N3O3S. The zero-order valence-corrected chi connectivity index (χ0v) is 16.8. The van der Waals surface area contributed by atoms with Crippen LogP contribution in [0.15, 0.2) is 69.6 Å². The number of aromatic nitrogens is 2. The third kappa shape index (κ3) is 3.82. The van der Waals surface area contributed by atoms with Gasteiger partial charge < -0.3 is 5.32 Å². The van der Waals surface area contributed by atoms with Crippen LogP contribution in [0.2, 0.25) is 0 Å². The molecule has 6 nitrogen and oxygen atoms in total. The Morgan fingerprint density at radius 3 is 2.41 bits per heavy atom. The smallest absolute Gasteiger partial charge is 0.324 e. The Bertz CT molecular complexity index is 1450. The topological polar surface area (TPSA) is 73.1 Å². The minimum Gasteiger partial charge on any atom is -0.324 e. The molecule has 1 amide bonds. The van der Waals surface area contributed by atoms with Gasteiger partial charge in [-0.15, -0.1) is 11.3 Å². The molecule has 32 heavy (non-hydrogen) atoms. The van der Waals surface area contributed by atoms with E-state index in [1.54, 1.807) is 0 Å². The van der Waals surface area contributed by atoms with Crippen LogP contribution in [0.1, 0.15) is 5.56 Å². The van der Waals surface area contributed by atoms with Gasteiger partial charge in [0.05, 0.1) is 22.5 Å². The predicted molar refractivity (Wildman–Crippen MR) is 112 cm³/mol. The van der Waals surface area contributed by atoms with Crippen molar-refractivity contribution in [3.63, 3.8) is 0 Å². The van der Waals surface area contributed by atoms with Crippen LogP contribution >= 0.6 is 11.3 Å². The Morgan fingerprint density at radius 1 is 1.00 bits per heavy atom. The van der Waals surface area contributed by atoms with E-state index in [2.05, 4.69) is 5.32 Å². The third-order valence-electron chi connectivity index (χ3n) is 4.66. The fourth-order valence-corrected chi connectivity index (χ4v) is 4.08. The number of thiophene rings is 1. The maximum atomic E-state index is 14.3. The Hall–Kier alpha value is -3.73. The number of carbonyl (C=O) groups excluding carboxylic acids is 1. The van der Waals surface area contributed by atoms with Gasteiger partial charge in [0.15, 0.2) is 0 Å². The first-order chi connectivity index (χ1) is 15.2. The van der Waals surface area contributed by atoms with Crippen LogP contribution in [0.5, 0.6) is 0 Å². The van der Waals surface area contributed by atoms with E-state index in [-0.39, 0.29) is 15.9 Å². The van der Waals surface area contributed by atoms with Crippen molar-refractivity contribution in [1.29, 1.82) is 0 Å². The number of hydrogen-bond acceptors (Lipinski definition) is 4. The van der Waals surface area contributed by atoms with E-state index >= 15 is 0 Å². The van der Waals surface area contributed by atoms with E-state index in [1.165, 1.54) is 41.8 Å². The number of hydrogen-bond donors (Lipinski definition) is 1. The Morgan fingerprint density at radius 2 is 1.69 bits per heavy atom. The minimum absolute atomic E-state index is 0.0938. The van der Waals surface area contributed by atoms with Crippen molar-refractivity contribution >= 4 is 33.1 Å². The number of carbonyl (C=O) groups is 1. The van der Waals surface area contributed by atoms with E-state index in [0.29, 0.717) is 4.57 Å². The van der Waals surface area contributed by atoms with Crippen molar-refractivity contribution in [1.82, 2.24) is 9.13 Å². The van der Waals surface area contributed by atoms with Crippen molar-refractivity contribution in [2.45, 2.75) is 12.7 Å². The monoisotopic (exact) mass is 463 g/mol. The number of amides is 1. The molecule has 4 aromatic rings. The van der Waals surface area contributed by atoms with E-state index in [4.69, 9.17) is 0 Å². The number of anilines is 1. The molecule has 0 saturated carbocycles. The number of rotatable bonds is 4. The van der Waals surface area contributed by atoms with Crippen molar-refractivity contribution in [2.75, 3.05) is 5.32 Å². The summed E-state index contributed by atoms with van der Waals surface area (Å²) in [5.41, 5.74) is -3.44. The Labute approximate surface area is 181 Å². The number of nitrogens with one attached hydrogen (secondary N) is 1. The highest BCUT2D eigenvalue weighted by Crippen LogP contribution is 2.34. The molecule has 0 atom stereocenters. The van der Waals surface area contributed by atoms with Gasteiger partial charge in [0, 0.05) is 0 Å². The molecule has 0 aliphatic carbocycles. The molecule has 0 saturated heterocycles. The molecule has 0 radical (unpaired) electrons. The molecule has 0 aliphatic heterocycles. The highest BCUT2D eigenvalue weighted by Gasteiger charge is 2.33. The molecule has 4 rings (SSSR count). The van der Waals surface area contributed by atoms with E-state index < -0.39 is 46.9 Å². The molecule has 2 aromatic carbocycles. The number of para-hydroxylation sites is 2. The van der Waals surface area contributed by atoms with Crippen LogP contribution in [-0.4, -0.2) is 15.0 Å². The fraction of sp³-hybridized carbons (Fsp3) is 0.0952. The summed E-state index contributed by atoms with van der Waals surface area (Å²) >= 11 is 0.992. The van der Waals surface area contributed by atoms with Crippen molar-refractivity contribution in [3.8, 4) is 5.69 Å². The van der Waals surface area contributed by atoms with E-state index in [9.17, 15) is 31.9 Å². The maximum Gasteiger partial charge on any atom is 0.418 e. The Kier molecular flexibility index (Phi) is 5.43. The average molecular weight is 463 g/mol. The molecule has 11 heteroatoms. The summed E-state index contributed by atoms with van der Waals surface area (Å²) in [6.45, 7) is -0.688. The third-order valence-corrected chi connectivity index (χ3v) is 5.55. The van der Waals surface area contributed by atoms with Crippen molar-refractivity contribution in [3.05, 3.63) is 92.2 Å². The fourth-order valence-electron chi connectivity index (χ4n) is 3.26. The van der Waals surface area contributed by atoms with E-state index in [1.807, 2.05) is 0 Å². The van der Waals surface area contributed by atoms with Crippen LogP contribution < -0.4 is 16.6 Å². The van der Waals surface area contributed by atoms with Gasteiger partial charge in [-0.05, 0) is 35.7 Å². The zero-order chi connectivity index (χ0) is 23.0. The SMILES string of the molecule is O=C(Cn1c(=O)n(-c2ccccc2F)c(=O)c2sccc21)Nc1ccccc1C(F)(F)F. The Balaban J connectivity index is 1.79. The number of fused-ring (bicyclic) bond motifs is 1. The summed E-state index contributed by atoms with van der Waals surface area (Å²) in [7, 11) is 0. The lowest BCUT2D eigenvalue weighted by atomic mass is 10.1. The highest BCUT2D eigenvalue weighted by atomic mass is 32.1. The highest BCUT2D eigenvalue weighted by molar-refractivity contribution is 7.17. The lowest BCUT2D eigenvalue weighted by Crippen LogP contribution is -2.40. The van der Waals surface area contributed by atoms with Crippen LogP contribution in [0.3, 0.4) is 0 Å². The molecule has 0 unspecified atom stereocenters. The van der Waals surface area contributed by atoms with Crippen molar-refractivity contribution in [2.24, 2.45) is 0 Å². The molecule has 0 bridgehead atoms. The van der Waals surface area contributed by atoms with Gasteiger partial charge in [-0.1, -0.05) is 24.3 Å². The normalized spacial score (nSPS) is 11.6. The second-order valence-corrected chi connectivity index (χ2v) is 7.60. The van der Waals surface area contributed by atoms with Gasteiger partial charge in [0.25, 0.3) is 5.56 Å². The average Bonchev–Trinajstić information content (AvgIpc) is 3.22.